The maximum atomic E-state index is 11.8. The molecule has 0 amide bonds. The fourth-order valence-electron chi connectivity index (χ4n) is 1.79. The summed E-state index contributed by atoms with van der Waals surface area (Å²) in [6, 6.07) is 9.48. The molecule has 0 N–H and O–H groups in total. The van der Waals surface area contributed by atoms with Crippen LogP contribution in [0.4, 0.5) is 0 Å². The maximum absolute atomic E-state index is 11.8. The smallest absolute Gasteiger partial charge is 0.166 e. The molecular weight excluding hydrogens is 184 g/mol. The number of Topliss-reactive ketones (excluding diaryl/α,β-unsaturated/α-hetero) is 1. The van der Waals surface area contributed by atoms with E-state index in [9.17, 15) is 4.79 Å². The summed E-state index contributed by atoms with van der Waals surface area (Å²) < 4.78 is 0. The van der Waals surface area contributed by atoms with Gasteiger partial charge in [-0.25, -0.2) is 0 Å². The summed E-state index contributed by atoms with van der Waals surface area (Å²) >= 11 is 0. The standard InChI is InChI=1S/C14H14O/c1-11-7-8-12(9-11)10-14(15)13-5-3-2-4-6-13/h2-7,9H,8,10H2,1H3. The van der Waals surface area contributed by atoms with E-state index in [0.29, 0.717) is 6.42 Å². The molecule has 1 aromatic carbocycles. The largest absolute Gasteiger partial charge is 0.294 e. The van der Waals surface area contributed by atoms with Crippen LogP contribution in [0.2, 0.25) is 0 Å². The van der Waals surface area contributed by atoms with E-state index in [0.717, 1.165) is 12.0 Å². The number of rotatable bonds is 3. The second-order valence-electron chi connectivity index (χ2n) is 3.92. The lowest BCUT2D eigenvalue weighted by Crippen LogP contribution is -1.99. The molecule has 0 atom stereocenters. The van der Waals surface area contributed by atoms with Crippen LogP contribution >= 0.6 is 0 Å². The fraction of sp³-hybridized carbons (Fsp3) is 0.214. The summed E-state index contributed by atoms with van der Waals surface area (Å²) in [5.74, 6) is 0.213. The molecule has 0 spiro atoms. The first-order valence-electron chi connectivity index (χ1n) is 5.20. The van der Waals surface area contributed by atoms with Gasteiger partial charge in [0, 0.05) is 12.0 Å². The van der Waals surface area contributed by atoms with E-state index in [1.165, 1.54) is 11.1 Å². The number of ketones is 1. The zero-order valence-corrected chi connectivity index (χ0v) is 8.86. The van der Waals surface area contributed by atoms with Crippen molar-refractivity contribution in [2.75, 3.05) is 0 Å². The Hall–Kier alpha value is -1.63. The van der Waals surface area contributed by atoms with Gasteiger partial charge in [0.2, 0.25) is 0 Å². The number of benzene rings is 1. The van der Waals surface area contributed by atoms with E-state index in [4.69, 9.17) is 0 Å². The van der Waals surface area contributed by atoms with Gasteiger partial charge in [-0.1, -0.05) is 53.6 Å². The van der Waals surface area contributed by atoms with Crippen molar-refractivity contribution < 1.29 is 4.79 Å². The quantitative estimate of drug-likeness (QED) is 0.679. The van der Waals surface area contributed by atoms with Gasteiger partial charge >= 0.3 is 0 Å². The topological polar surface area (TPSA) is 17.1 Å². The van der Waals surface area contributed by atoms with Gasteiger partial charge in [0.15, 0.2) is 5.78 Å². The van der Waals surface area contributed by atoms with Crippen molar-refractivity contribution in [3.05, 3.63) is 59.2 Å². The van der Waals surface area contributed by atoms with E-state index in [1.54, 1.807) is 0 Å². The first kappa shape index (κ1) is 9.91. The number of hydrogen-bond acceptors (Lipinski definition) is 1. The molecular formula is C14H14O. The van der Waals surface area contributed by atoms with Crippen LogP contribution in [0.5, 0.6) is 0 Å². The molecule has 1 aromatic rings. The third-order valence-corrected chi connectivity index (χ3v) is 2.60. The molecule has 1 aliphatic carbocycles. The lowest BCUT2D eigenvalue weighted by molar-refractivity contribution is 0.0992. The van der Waals surface area contributed by atoms with Crippen LogP contribution in [0.1, 0.15) is 30.1 Å². The van der Waals surface area contributed by atoms with E-state index in [2.05, 4.69) is 19.1 Å². The van der Waals surface area contributed by atoms with Gasteiger partial charge in [0.1, 0.15) is 0 Å². The van der Waals surface area contributed by atoms with Crippen molar-refractivity contribution in [2.24, 2.45) is 0 Å². The third-order valence-electron chi connectivity index (χ3n) is 2.60. The van der Waals surface area contributed by atoms with Crippen LogP contribution in [-0.2, 0) is 0 Å². The Balaban J connectivity index is 2.03. The van der Waals surface area contributed by atoms with Crippen molar-refractivity contribution in [1.82, 2.24) is 0 Å². The SMILES string of the molecule is CC1=CCC(CC(=O)c2ccccc2)=C1. The lowest BCUT2D eigenvalue weighted by Gasteiger charge is -2.01. The normalized spacial score (nSPS) is 14.7. The van der Waals surface area contributed by atoms with Crippen LogP contribution in [0.15, 0.2) is 53.6 Å². The zero-order valence-electron chi connectivity index (χ0n) is 8.86. The second-order valence-corrected chi connectivity index (χ2v) is 3.92. The van der Waals surface area contributed by atoms with E-state index < -0.39 is 0 Å². The fourth-order valence-corrected chi connectivity index (χ4v) is 1.79. The number of hydrogen-bond donors (Lipinski definition) is 0. The molecule has 0 unspecified atom stereocenters. The Labute approximate surface area is 90.1 Å². The van der Waals surface area contributed by atoms with Crippen molar-refractivity contribution in [3.63, 3.8) is 0 Å². The van der Waals surface area contributed by atoms with Crippen molar-refractivity contribution in [3.8, 4) is 0 Å². The average Bonchev–Trinajstić information content (AvgIpc) is 2.65. The number of carbonyl (C=O) groups is 1. The van der Waals surface area contributed by atoms with Gasteiger partial charge < -0.3 is 0 Å². The van der Waals surface area contributed by atoms with Crippen LogP contribution < -0.4 is 0 Å². The van der Waals surface area contributed by atoms with Crippen LogP contribution in [0.25, 0.3) is 0 Å². The molecule has 1 heteroatoms. The number of allylic oxidation sites excluding steroid dienone is 4. The lowest BCUT2D eigenvalue weighted by atomic mass is 10.0. The summed E-state index contributed by atoms with van der Waals surface area (Å²) in [5, 5.41) is 0. The molecule has 76 valence electrons. The summed E-state index contributed by atoms with van der Waals surface area (Å²) in [7, 11) is 0. The summed E-state index contributed by atoms with van der Waals surface area (Å²) in [6.45, 7) is 2.07. The van der Waals surface area contributed by atoms with Gasteiger partial charge in [-0.05, 0) is 13.3 Å². The zero-order chi connectivity index (χ0) is 10.7. The molecule has 1 nitrogen and oxygen atoms in total. The van der Waals surface area contributed by atoms with Crippen molar-refractivity contribution in [2.45, 2.75) is 19.8 Å². The van der Waals surface area contributed by atoms with Crippen LogP contribution in [0, 0.1) is 0 Å². The Morgan fingerprint density at radius 1 is 1.27 bits per heavy atom. The highest BCUT2D eigenvalue weighted by Crippen LogP contribution is 2.21. The first-order chi connectivity index (χ1) is 7.25. The highest BCUT2D eigenvalue weighted by Gasteiger charge is 2.10. The molecule has 0 heterocycles. The molecule has 0 saturated carbocycles. The van der Waals surface area contributed by atoms with E-state index in [-0.39, 0.29) is 5.78 Å². The van der Waals surface area contributed by atoms with Gasteiger partial charge in [0.05, 0.1) is 0 Å². The highest BCUT2D eigenvalue weighted by molar-refractivity contribution is 5.97. The first-order valence-corrected chi connectivity index (χ1v) is 5.20. The molecule has 0 saturated heterocycles. The Kier molecular flexibility index (Phi) is 2.82. The predicted octanol–water partition coefficient (Wildman–Crippen LogP) is 3.54. The molecule has 0 fully saturated rings. The Morgan fingerprint density at radius 2 is 2.00 bits per heavy atom. The van der Waals surface area contributed by atoms with E-state index in [1.807, 2.05) is 30.3 Å². The van der Waals surface area contributed by atoms with Gasteiger partial charge in [-0.2, -0.15) is 0 Å². The minimum absolute atomic E-state index is 0.213. The molecule has 1 aliphatic rings. The average molecular weight is 198 g/mol. The van der Waals surface area contributed by atoms with Crippen molar-refractivity contribution in [1.29, 1.82) is 0 Å². The summed E-state index contributed by atoms with van der Waals surface area (Å²) in [4.78, 5) is 11.8. The molecule has 0 radical (unpaired) electrons. The van der Waals surface area contributed by atoms with Gasteiger partial charge in [-0.15, -0.1) is 0 Å². The summed E-state index contributed by atoms with van der Waals surface area (Å²) in [6.07, 6.45) is 5.76. The van der Waals surface area contributed by atoms with Crippen molar-refractivity contribution >= 4 is 5.78 Å². The Morgan fingerprint density at radius 3 is 2.60 bits per heavy atom. The second kappa shape index (κ2) is 4.26. The maximum Gasteiger partial charge on any atom is 0.166 e. The molecule has 2 rings (SSSR count). The minimum atomic E-state index is 0.213. The van der Waals surface area contributed by atoms with Crippen LogP contribution in [0.3, 0.4) is 0 Å². The summed E-state index contributed by atoms with van der Waals surface area (Å²) in [5.41, 5.74) is 3.30. The minimum Gasteiger partial charge on any atom is -0.294 e. The molecule has 0 bridgehead atoms. The third kappa shape index (κ3) is 2.44. The number of carbonyl (C=O) groups excluding carboxylic acids is 1. The Bertz CT molecular complexity index is 424. The molecule has 15 heavy (non-hydrogen) atoms. The van der Waals surface area contributed by atoms with E-state index >= 15 is 0 Å². The van der Waals surface area contributed by atoms with Gasteiger partial charge in [0.25, 0.3) is 0 Å². The predicted molar refractivity (Wildman–Crippen MR) is 61.8 cm³/mol. The van der Waals surface area contributed by atoms with Crippen LogP contribution in [-0.4, -0.2) is 5.78 Å². The monoisotopic (exact) mass is 198 g/mol. The molecule has 0 aliphatic heterocycles. The highest BCUT2D eigenvalue weighted by atomic mass is 16.1. The van der Waals surface area contributed by atoms with Gasteiger partial charge in [-0.3, -0.25) is 4.79 Å². The molecule has 0 aromatic heterocycles.